The van der Waals surface area contributed by atoms with Crippen LogP contribution in [-0.2, 0) is 0 Å². The lowest BCUT2D eigenvalue weighted by Gasteiger charge is -2.25. The van der Waals surface area contributed by atoms with Gasteiger partial charge in [0.1, 0.15) is 17.3 Å². The van der Waals surface area contributed by atoms with Gasteiger partial charge in [-0.15, -0.1) is 0 Å². The Labute approximate surface area is 115 Å². The van der Waals surface area contributed by atoms with E-state index in [2.05, 4.69) is 45.8 Å². The molecule has 0 aromatic carbocycles. The van der Waals surface area contributed by atoms with E-state index in [4.69, 9.17) is 16.9 Å². The first kappa shape index (κ1) is 14.2. The molecule has 92 valence electrons. The van der Waals surface area contributed by atoms with Crippen molar-refractivity contribution in [2.24, 2.45) is 5.92 Å². The van der Waals surface area contributed by atoms with E-state index in [9.17, 15) is 0 Å². The monoisotopic (exact) mass is 316 g/mol. The highest BCUT2D eigenvalue weighted by atomic mass is 79.9. The second-order valence-corrected chi connectivity index (χ2v) is 5.20. The summed E-state index contributed by atoms with van der Waals surface area (Å²) in [6.07, 6.45) is 1.89. The van der Waals surface area contributed by atoms with Crippen LogP contribution in [0, 0.1) is 17.2 Å². The fourth-order valence-electron chi connectivity index (χ4n) is 1.47. The molecule has 1 aromatic heterocycles. The van der Waals surface area contributed by atoms with Crippen LogP contribution in [0.3, 0.4) is 0 Å². The minimum atomic E-state index is 0.390. The number of anilines is 1. The number of nitriles is 1. The lowest BCUT2D eigenvalue weighted by atomic mass is 10.2. The third-order valence-corrected chi connectivity index (χ3v) is 3.35. The van der Waals surface area contributed by atoms with Crippen molar-refractivity contribution in [3.8, 4) is 6.07 Å². The normalized spacial score (nSPS) is 10.4. The number of nitrogens with zero attached hydrogens (tertiary/aromatic N) is 4. The lowest BCUT2D eigenvalue weighted by Crippen LogP contribution is -2.29. The van der Waals surface area contributed by atoms with Crippen molar-refractivity contribution in [1.29, 1.82) is 5.26 Å². The molecule has 4 nitrogen and oxygen atoms in total. The van der Waals surface area contributed by atoms with Crippen molar-refractivity contribution in [3.63, 3.8) is 0 Å². The summed E-state index contributed by atoms with van der Waals surface area (Å²) in [5, 5.41) is 9.06. The molecule has 1 heterocycles. The van der Waals surface area contributed by atoms with Gasteiger partial charge < -0.3 is 4.90 Å². The van der Waals surface area contributed by atoms with Gasteiger partial charge in [0.15, 0.2) is 0 Å². The maximum Gasteiger partial charge on any atom is 0.148 e. The molecule has 6 heteroatoms. The molecule has 0 radical (unpaired) electrons. The first-order valence-corrected chi connectivity index (χ1v) is 6.51. The maximum atomic E-state index is 8.67. The van der Waals surface area contributed by atoms with Crippen LogP contribution in [0.5, 0.6) is 0 Å². The summed E-state index contributed by atoms with van der Waals surface area (Å²) in [4.78, 5) is 10.2. The summed E-state index contributed by atoms with van der Waals surface area (Å²) in [5.41, 5.74) is 0. The Hall–Kier alpha value is -0.860. The van der Waals surface area contributed by atoms with Gasteiger partial charge in [0.05, 0.1) is 17.0 Å². The van der Waals surface area contributed by atoms with Crippen molar-refractivity contribution >= 4 is 33.3 Å². The van der Waals surface area contributed by atoms with Crippen molar-refractivity contribution in [1.82, 2.24) is 9.97 Å². The molecule has 0 N–H and O–H groups in total. The number of hydrogen-bond acceptors (Lipinski definition) is 4. The van der Waals surface area contributed by atoms with E-state index in [1.807, 2.05) is 4.90 Å². The molecule has 0 amide bonds. The van der Waals surface area contributed by atoms with Crippen LogP contribution in [0.4, 0.5) is 5.82 Å². The highest BCUT2D eigenvalue weighted by molar-refractivity contribution is 9.10. The van der Waals surface area contributed by atoms with Gasteiger partial charge in [0.25, 0.3) is 0 Å². The summed E-state index contributed by atoms with van der Waals surface area (Å²) >= 11 is 9.32. The molecule has 0 fully saturated rings. The largest absolute Gasteiger partial charge is 0.354 e. The highest BCUT2D eigenvalue weighted by Gasteiger charge is 2.15. The van der Waals surface area contributed by atoms with Crippen molar-refractivity contribution in [2.75, 3.05) is 18.0 Å². The van der Waals surface area contributed by atoms with Crippen LogP contribution in [-0.4, -0.2) is 23.1 Å². The second-order valence-electron chi connectivity index (χ2n) is 4.05. The predicted molar refractivity (Wildman–Crippen MR) is 72.0 cm³/mol. The van der Waals surface area contributed by atoms with Crippen LogP contribution in [0.1, 0.15) is 20.3 Å². The fourth-order valence-corrected chi connectivity index (χ4v) is 2.05. The predicted octanol–water partition coefficient (Wildman–Crippen LogP) is 3.27. The second kappa shape index (κ2) is 6.77. The van der Waals surface area contributed by atoms with Crippen LogP contribution in [0.15, 0.2) is 10.8 Å². The van der Waals surface area contributed by atoms with Gasteiger partial charge in [0, 0.05) is 13.1 Å². The number of aromatic nitrogens is 2. The molecular formula is C11H14BrClN4. The molecule has 0 saturated heterocycles. The summed E-state index contributed by atoms with van der Waals surface area (Å²) in [7, 11) is 0. The molecule has 1 aromatic rings. The van der Waals surface area contributed by atoms with Gasteiger partial charge >= 0.3 is 0 Å². The highest BCUT2D eigenvalue weighted by Crippen LogP contribution is 2.29. The molecule has 0 unspecified atom stereocenters. The number of rotatable bonds is 5. The zero-order valence-corrected chi connectivity index (χ0v) is 12.2. The molecule has 0 spiro atoms. The average molecular weight is 318 g/mol. The van der Waals surface area contributed by atoms with Gasteiger partial charge in [-0.05, 0) is 21.8 Å². The van der Waals surface area contributed by atoms with E-state index >= 15 is 0 Å². The fraction of sp³-hybridized carbons (Fsp3) is 0.545. The first-order chi connectivity index (χ1) is 8.06. The van der Waals surface area contributed by atoms with E-state index in [1.54, 1.807) is 0 Å². The molecule has 0 aliphatic rings. The number of hydrogen-bond donors (Lipinski definition) is 0. The molecular weight excluding hydrogens is 304 g/mol. The topological polar surface area (TPSA) is 52.8 Å². The molecule has 0 atom stereocenters. The van der Waals surface area contributed by atoms with E-state index in [1.165, 1.54) is 6.33 Å². The van der Waals surface area contributed by atoms with E-state index < -0.39 is 0 Å². The third kappa shape index (κ3) is 4.14. The van der Waals surface area contributed by atoms with Gasteiger partial charge in [-0.3, -0.25) is 0 Å². The lowest BCUT2D eigenvalue weighted by molar-refractivity contribution is 0.606. The Balaban J connectivity index is 2.95. The van der Waals surface area contributed by atoms with Gasteiger partial charge in [0.2, 0.25) is 0 Å². The molecule has 0 bridgehead atoms. The third-order valence-electron chi connectivity index (χ3n) is 2.11. The summed E-state index contributed by atoms with van der Waals surface area (Å²) in [6.45, 7) is 5.71. The quantitative estimate of drug-likeness (QED) is 0.782. The average Bonchev–Trinajstić information content (AvgIpc) is 2.28. The van der Waals surface area contributed by atoms with Gasteiger partial charge in [-0.1, -0.05) is 25.4 Å². The summed E-state index contributed by atoms with van der Waals surface area (Å²) in [5.74, 6) is 1.23. The van der Waals surface area contributed by atoms with Gasteiger partial charge in [-0.2, -0.15) is 5.26 Å². The zero-order valence-electron chi connectivity index (χ0n) is 9.82. The minimum Gasteiger partial charge on any atom is -0.354 e. The zero-order chi connectivity index (χ0) is 12.8. The Morgan fingerprint density at radius 1 is 1.53 bits per heavy atom. The standard InChI is InChI=1S/C11H14BrClN4/c1-8(2)6-17(5-3-4-14)11-9(12)10(13)15-7-16-11/h7-8H,3,5-6H2,1-2H3. The Kier molecular flexibility index (Phi) is 5.66. The Bertz CT molecular complexity index is 416. The van der Waals surface area contributed by atoms with E-state index in [0.717, 1.165) is 12.4 Å². The van der Waals surface area contributed by atoms with Crippen molar-refractivity contribution < 1.29 is 0 Å². The van der Waals surface area contributed by atoms with Crippen molar-refractivity contribution in [2.45, 2.75) is 20.3 Å². The molecule has 1 rings (SSSR count). The summed E-state index contributed by atoms with van der Waals surface area (Å²) < 4.78 is 0.681. The smallest absolute Gasteiger partial charge is 0.148 e. The molecule has 0 aliphatic heterocycles. The summed E-state index contributed by atoms with van der Waals surface area (Å²) in [6, 6.07) is 2.14. The first-order valence-electron chi connectivity index (χ1n) is 5.34. The van der Waals surface area contributed by atoms with Crippen LogP contribution < -0.4 is 4.90 Å². The molecule has 17 heavy (non-hydrogen) atoms. The SMILES string of the molecule is CC(C)CN(CCC#N)c1ncnc(Cl)c1Br. The molecule has 0 aliphatic carbocycles. The minimum absolute atomic E-state index is 0.390. The van der Waals surface area contributed by atoms with E-state index in [-0.39, 0.29) is 0 Å². The van der Waals surface area contributed by atoms with Crippen molar-refractivity contribution in [3.05, 3.63) is 16.0 Å². The Morgan fingerprint density at radius 3 is 2.82 bits per heavy atom. The Morgan fingerprint density at radius 2 is 2.24 bits per heavy atom. The molecule has 0 saturated carbocycles. The van der Waals surface area contributed by atoms with Crippen LogP contribution in [0.25, 0.3) is 0 Å². The maximum absolute atomic E-state index is 8.67. The van der Waals surface area contributed by atoms with Gasteiger partial charge in [-0.25, -0.2) is 9.97 Å². The van der Waals surface area contributed by atoms with E-state index in [0.29, 0.717) is 28.5 Å². The van der Waals surface area contributed by atoms with Crippen LogP contribution in [0.2, 0.25) is 5.15 Å². The number of halogens is 2. The van der Waals surface area contributed by atoms with Crippen LogP contribution >= 0.6 is 27.5 Å².